The minimum Gasteiger partial charge on any atom is -0.385 e. The average molecular weight is 333 g/mol. The smallest absolute Gasteiger partial charge is 0.0956 e. The van der Waals surface area contributed by atoms with Crippen molar-refractivity contribution in [1.29, 1.82) is 0 Å². The van der Waals surface area contributed by atoms with E-state index in [-0.39, 0.29) is 0 Å². The predicted molar refractivity (Wildman–Crippen MR) is 74.5 cm³/mol. The van der Waals surface area contributed by atoms with Crippen molar-refractivity contribution in [1.82, 2.24) is 4.98 Å². The predicted octanol–water partition coefficient (Wildman–Crippen LogP) is 4.01. The van der Waals surface area contributed by atoms with E-state index in [2.05, 4.69) is 20.9 Å². The number of thiazole rings is 1. The molecule has 17 heavy (non-hydrogen) atoms. The van der Waals surface area contributed by atoms with Crippen LogP contribution in [-0.2, 0) is 12.0 Å². The summed E-state index contributed by atoms with van der Waals surface area (Å²) in [4.78, 5) is 4.18. The first-order valence-corrected chi connectivity index (χ1v) is 7.10. The highest BCUT2D eigenvalue weighted by molar-refractivity contribution is 9.10. The number of nitrogens with zero attached hydrogens (tertiary/aromatic N) is 1. The first-order valence-electron chi connectivity index (χ1n) is 5.05. The molecule has 1 N–H and O–H groups in total. The van der Waals surface area contributed by atoms with E-state index in [0.717, 1.165) is 15.0 Å². The van der Waals surface area contributed by atoms with Crippen LogP contribution < -0.4 is 0 Å². The molecule has 1 heterocycles. The van der Waals surface area contributed by atoms with Crippen LogP contribution >= 0.6 is 38.9 Å². The molecule has 1 aromatic carbocycles. The number of hydrogen-bond donors (Lipinski definition) is 1. The van der Waals surface area contributed by atoms with Gasteiger partial charge in [0.25, 0.3) is 0 Å². The van der Waals surface area contributed by atoms with Crippen LogP contribution in [0.15, 0.2) is 34.2 Å². The number of benzene rings is 1. The molecule has 5 heteroatoms. The number of aliphatic hydroxyl groups is 1. The third kappa shape index (κ3) is 3.07. The molecule has 2 aromatic rings. The maximum absolute atomic E-state index is 10.5. The van der Waals surface area contributed by atoms with Gasteiger partial charge in [-0.1, -0.05) is 33.6 Å². The number of hydrogen-bond acceptors (Lipinski definition) is 3. The van der Waals surface area contributed by atoms with E-state index >= 15 is 0 Å². The fourth-order valence-corrected chi connectivity index (χ4v) is 3.30. The van der Waals surface area contributed by atoms with Gasteiger partial charge >= 0.3 is 0 Å². The largest absolute Gasteiger partial charge is 0.385 e. The molecule has 0 fully saturated rings. The number of rotatable bonds is 3. The van der Waals surface area contributed by atoms with Crippen molar-refractivity contribution in [2.24, 2.45) is 0 Å². The second kappa shape index (κ2) is 5.06. The van der Waals surface area contributed by atoms with E-state index in [4.69, 9.17) is 11.6 Å². The molecule has 0 saturated heterocycles. The summed E-state index contributed by atoms with van der Waals surface area (Å²) in [6.45, 7) is 1.75. The van der Waals surface area contributed by atoms with Crippen molar-refractivity contribution in [2.75, 3.05) is 0 Å². The highest BCUT2D eigenvalue weighted by atomic mass is 79.9. The summed E-state index contributed by atoms with van der Waals surface area (Å²) < 4.78 is 0.899. The van der Waals surface area contributed by atoms with Crippen LogP contribution in [0.2, 0.25) is 5.02 Å². The molecular weight excluding hydrogens is 322 g/mol. The second-order valence-electron chi connectivity index (χ2n) is 4.00. The standard InChI is InChI=1S/C12H11BrClNOS/c1-12(16,7-11-15-4-5-17-11)9-3-2-8(13)6-10(9)14/h2-6,16H,7H2,1H3. The Balaban J connectivity index is 2.30. The third-order valence-corrected chi connectivity index (χ3v) is 4.08. The van der Waals surface area contributed by atoms with Gasteiger partial charge in [0.05, 0.1) is 10.6 Å². The van der Waals surface area contributed by atoms with E-state index in [1.807, 2.05) is 17.5 Å². The van der Waals surface area contributed by atoms with E-state index in [1.165, 1.54) is 11.3 Å². The van der Waals surface area contributed by atoms with Gasteiger partial charge in [-0.15, -0.1) is 11.3 Å². The molecule has 0 amide bonds. The first-order chi connectivity index (χ1) is 7.99. The summed E-state index contributed by atoms with van der Waals surface area (Å²) in [7, 11) is 0. The maximum Gasteiger partial charge on any atom is 0.0956 e. The van der Waals surface area contributed by atoms with E-state index in [1.54, 1.807) is 19.2 Å². The van der Waals surface area contributed by atoms with E-state index in [0.29, 0.717) is 11.4 Å². The van der Waals surface area contributed by atoms with Gasteiger partial charge in [-0.2, -0.15) is 0 Å². The fraction of sp³-hybridized carbons (Fsp3) is 0.250. The molecule has 0 aliphatic carbocycles. The van der Waals surface area contributed by atoms with Gasteiger partial charge in [0, 0.05) is 33.1 Å². The number of aromatic nitrogens is 1. The quantitative estimate of drug-likeness (QED) is 0.921. The highest BCUT2D eigenvalue weighted by Crippen LogP contribution is 2.33. The van der Waals surface area contributed by atoms with Crippen molar-refractivity contribution < 1.29 is 5.11 Å². The van der Waals surface area contributed by atoms with Gasteiger partial charge in [0.15, 0.2) is 0 Å². The van der Waals surface area contributed by atoms with Crippen molar-refractivity contribution in [2.45, 2.75) is 18.9 Å². The molecule has 1 atom stereocenters. The Kier molecular flexibility index (Phi) is 3.88. The molecule has 0 spiro atoms. The molecule has 90 valence electrons. The van der Waals surface area contributed by atoms with Crippen LogP contribution in [0.5, 0.6) is 0 Å². The summed E-state index contributed by atoms with van der Waals surface area (Å²) in [5.74, 6) is 0. The van der Waals surface area contributed by atoms with Crippen molar-refractivity contribution in [3.05, 3.63) is 49.8 Å². The molecule has 0 radical (unpaired) electrons. The fourth-order valence-electron chi connectivity index (χ4n) is 1.66. The molecule has 2 rings (SSSR count). The molecule has 0 bridgehead atoms. The van der Waals surface area contributed by atoms with Crippen molar-refractivity contribution >= 4 is 38.9 Å². The summed E-state index contributed by atoms with van der Waals surface area (Å²) in [5, 5.41) is 13.8. The van der Waals surface area contributed by atoms with Crippen molar-refractivity contribution in [3.63, 3.8) is 0 Å². The Morgan fingerprint density at radius 1 is 1.53 bits per heavy atom. The van der Waals surface area contributed by atoms with Crippen LogP contribution in [-0.4, -0.2) is 10.1 Å². The van der Waals surface area contributed by atoms with Gasteiger partial charge < -0.3 is 5.11 Å². The highest BCUT2D eigenvalue weighted by Gasteiger charge is 2.27. The lowest BCUT2D eigenvalue weighted by Crippen LogP contribution is -2.24. The Bertz CT molecular complexity index is 513. The Hall–Kier alpha value is -0.420. The lowest BCUT2D eigenvalue weighted by atomic mass is 9.93. The average Bonchev–Trinajstić information content (AvgIpc) is 2.68. The summed E-state index contributed by atoms with van der Waals surface area (Å²) in [5.41, 5.74) is -0.284. The van der Waals surface area contributed by atoms with Crippen LogP contribution in [0.25, 0.3) is 0 Å². The van der Waals surface area contributed by atoms with Crippen LogP contribution in [0.4, 0.5) is 0 Å². The Labute approximate surface area is 117 Å². The lowest BCUT2D eigenvalue weighted by molar-refractivity contribution is 0.0576. The van der Waals surface area contributed by atoms with Crippen LogP contribution in [0, 0.1) is 0 Å². The van der Waals surface area contributed by atoms with Gasteiger partial charge in [-0.25, -0.2) is 4.98 Å². The Morgan fingerprint density at radius 2 is 2.29 bits per heavy atom. The minimum absolute atomic E-state index is 0.464. The zero-order valence-electron chi connectivity index (χ0n) is 9.15. The second-order valence-corrected chi connectivity index (χ2v) is 6.30. The molecule has 2 nitrogen and oxygen atoms in total. The maximum atomic E-state index is 10.5. The monoisotopic (exact) mass is 331 g/mol. The summed E-state index contributed by atoms with van der Waals surface area (Å²) >= 11 is 11.0. The minimum atomic E-state index is -1.00. The topological polar surface area (TPSA) is 33.1 Å². The molecule has 0 saturated carbocycles. The molecule has 0 aliphatic heterocycles. The normalized spacial score (nSPS) is 14.6. The van der Waals surface area contributed by atoms with Gasteiger partial charge in [0.1, 0.15) is 0 Å². The first kappa shape index (κ1) is 13.0. The van der Waals surface area contributed by atoms with Crippen molar-refractivity contribution in [3.8, 4) is 0 Å². The molecule has 0 aliphatic rings. The Morgan fingerprint density at radius 3 is 2.88 bits per heavy atom. The SMILES string of the molecule is CC(O)(Cc1nccs1)c1ccc(Br)cc1Cl. The van der Waals surface area contributed by atoms with Crippen LogP contribution in [0.1, 0.15) is 17.5 Å². The summed E-state index contributed by atoms with van der Waals surface area (Å²) in [6.07, 6.45) is 2.20. The molecule has 1 aromatic heterocycles. The lowest BCUT2D eigenvalue weighted by Gasteiger charge is -2.24. The molecule has 1 unspecified atom stereocenters. The molecular formula is C12H11BrClNOS. The zero-order valence-corrected chi connectivity index (χ0v) is 12.3. The van der Waals surface area contributed by atoms with Gasteiger partial charge in [-0.3, -0.25) is 0 Å². The zero-order chi connectivity index (χ0) is 12.5. The third-order valence-electron chi connectivity index (χ3n) is 2.49. The van der Waals surface area contributed by atoms with E-state index < -0.39 is 5.60 Å². The summed E-state index contributed by atoms with van der Waals surface area (Å²) in [6, 6.07) is 5.49. The van der Waals surface area contributed by atoms with Gasteiger partial charge in [0.2, 0.25) is 0 Å². The van der Waals surface area contributed by atoms with E-state index in [9.17, 15) is 5.11 Å². The van der Waals surface area contributed by atoms with Crippen LogP contribution in [0.3, 0.4) is 0 Å². The van der Waals surface area contributed by atoms with Gasteiger partial charge in [-0.05, 0) is 19.1 Å². The number of halogens is 2.